The first-order valence-corrected chi connectivity index (χ1v) is 9.16. The summed E-state index contributed by atoms with van der Waals surface area (Å²) in [5, 5.41) is 13.3. The minimum Gasteiger partial charge on any atom is -0.386 e. The smallest absolute Gasteiger partial charge is 0.226 e. The summed E-state index contributed by atoms with van der Waals surface area (Å²) in [6, 6.07) is 13.9. The van der Waals surface area contributed by atoms with Crippen molar-refractivity contribution in [1.29, 1.82) is 0 Å². The number of carbonyl (C=O) groups excluding carboxylic acids is 1. The predicted molar refractivity (Wildman–Crippen MR) is 106 cm³/mol. The van der Waals surface area contributed by atoms with E-state index in [9.17, 15) is 14.3 Å². The summed E-state index contributed by atoms with van der Waals surface area (Å²) in [4.78, 5) is 14.3. The van der Waals surface area contributed by atoms with Gasteiger partial charge in [0.25, 0.3) is 0 Å². The van der Waals surface area contributed by atoms with Gasteiger partial charge in [-0.05, 0) is 35.4 Å². The van der Waals surface area contributed by atoms with Crippen molar-refractivity contribution in [3.05, 3.63) is 83.3 Å². The predicted octanol–water partition coefficient (Wildman–Crippen LogP) is 2.82. The van der Waals surface area contributed by atoms with Gasteiger partial charge < -0.3 is 15.3 Å². The van der Waals surface area contributed by atoms with Gasteiger partial charge in [0, 0.05) is 24.4 Å². The minimum absolute atomic E-state index is 0.148. The van der Waals surface area contributed by atoms with E-state index >= 15 is 0 Å². The molecule has 1 amide bonds. The molecule has 2 aromatic carbocycles. The highest BCUT2D eigenvalue weighted by molar-refractivity contribution is 5.79. The molecule has 1 aliphatic heterocycles. The molecule has 0 aromatic heterocycles. The lowest BCUT2D eigenvalue weighted by molar-refractivity contribution is -0.127. The van der Waals surface area contributed by atoms with Crippen LogP contribution in [0.15, 0.2) is 60.8 Å². The summed E-state index contributed by atoms with van der Waals surface area (Å²) >= 11 is 0. The number of fused-ring (bicyclic) bond motifs is 1. The molecule has 0 spiro atoms. The molecule has 0 aliphatic carbocycles. The molecule has 0 radical (unpaired) electrons. The lowest BCUT2D eigenvalue weighted by Gasteiger charge is -2.27. The Kier molecular flexibility index (Phi) is 6.13. The molecule has 1 aliphatic rings. The molecule has 3 rings (SSSR count). The number of hydrogen-bond donors (Lipinski definition) is 2. The van der Waals surface area contributed by atoms with E-state index in [1.807, 2.05) is 17.0 Å². The van der Waals surface area contributed by atoms with Crippen LogP contribution in [0.2, 0.25) is 0 Å². The third kappa shape index (κ3) is 4.59. The number of halogens is 1. The highest BCUT2D eigenvalue weighted by atomic mass is 19.1. The van der Waals surface area contributed by atoms with E-state index in [2.05, 4.69) is 35.9 Å². The first-order valence-electron chi connectivity index (χ1n) is 9.16. The molecular formula is C23H23FN2O2. The van der Waals surface area contributed by atoms with E-state index in [4.69, 9.17) is 0 Å². The maximum Gasteiger partial charge on any atom is 0.226 e. The van der Waals surface area contributed by atoms with E-state index in [-0.39, 0.29) is 18.3 Å². The van der Waals surface area contributed by atoms with Gasteiger partial charge in [-0.1, -0.05) is 49.6 Å². The Morgan fingerprint density at radius 2 is 1.82 bits per heavy atom. The first kappa shape index (κ1) is 19.7. The summed E-state index contributed by atoms with van der Waals surface area (Å²) in [6.07, 6.45) is -0.973. The second-order valence-electron chi connectivity index (χ2n) is 6.88. The van der Waals surface area contributed by atoms with Crippen LogP contribution in [0.1, 0.15) is 23.6 Å². The number of benzene rings is 2. The van der Waals surface area contributed by atoms with Gasteiger partial charge in [-0.25, -0.2) is 4.39 Å². The Balaban J connectivity index is 1.50. The van der Waals surface area contributed by atoms with Crippen LogP contribution in [0.25, 0.3) is 0 Å². The van der Waals surface area contributed by atoms with E-state index in [1.54, 1.807) is 19.1 Å². The summed E-state index contributed by atoms with van der Waals surface area (Å²) in [5.74, 6) is 4.42. The zero-order chi connectivity index (χ0) is 20.1. The third-order valence-electron chi connectivity index (χ3n) is 4.90. The van der Waals surface area contributed by atoms with Gasteiger partial charge in [-0.15, -0.1) is 0 Å². The number of rotatable bonds is 5. The first-order chi connectivity index (χ1) is 13.5. The van der Waals surface area contributed by atoms with Gasteiger partial charge in [0.2, 0.25) is 5.91 Å². The van der Waals surface area contributed by atoms with E-state index < -0.39 is 12.0 Å². The number of hydrogen-bond acceptors (Lipinski definition) is 3. The highest BCUT2D eigenvalue weighted by Gasteiger charge is 2.29. The number of nitrogens with one attached hydrogen (secondary N) is 1. The molecule has 0 saturated heterocycles. The normalized spacial score (nSPS) is 14.5. The lowest BCUT2D eigenvalue weighted by atomic mass is 10.0. The van der Waals surface area contributed by atoms with Crippen LogP contribution >= 0.6 is 0 Å². The average molecular weight is 378 g/mol. The molecule has 2 aromatic rings. The van der Waals surface area contributed by atoms with Gasteiger partial charge in [0.1, 0.15) is 11.9 Å². The van der Waals surface area contributed by atoms with E-state index in [1.165, 1.54) is 23.3 Å². The van der Waals surface area contributed by atoms with Crippen molar-refractivity contribution in [3.63, 3.8) is 0 Å². The van der Waals surface area contributed by atoms with Gasteiger partial charge in [-0.2, -0.15) is 0 Å². The second kappa shape index (κ2) is 8.73. The molecule has 144 valence electrons. The summed E-state index contributed by atoms with van der Waals surface area (Å²) in [6.45, 7) is 7.19. The van der Waals surface area contributed by atoms with E-state index in [0.717, 1.165) is 0 Å². The Morgan fingerprint density at radius 3 is 2.43 bits per heavy atom. The topological polar surface area (TPSA) is 52.6 Å². The standard InChI is InChI=1S/C23H23FN2O2/c1-16(23(28)25-13-5-6-18-9-11-21(24)12-10-18)22(27)17(2)26-14-19-7-3-4-8-20(19)15-26/h3-4,7-12,16,22,27H,2,13-15H2,1H3,(H,25,28)/t16-,22-/m1/s1. The SMILES string of the molecule is C=C([C@H](O)[C@@H](C)C(=O)NCC#Cc1ccc(F)cc1)N1Cc2ccccc2C1. The zero-order valence-corrected chi connectivity index (χ0v) is 15.8. The number of aliphatic hydroxyl groups excluding tert-OH is 1. The molecular weight excluding hydrogens is 355 g/mol. The van der Waals surface area contributed by atoms with Crippen molar-refractivity contribution in [3.8, 4) is 11.8 Å². The summed E-state index contributed by atoms with van der Waals surface area (Å²) in [7, 11) is 0. The summed E-state index contributed by atoms with van der Waals surface area (Å²) < 4.78 is 12.9. The van der Waals surface area contributed by atoms with Crippen molar-refractivity contribution < 1.29 is 14.3 Å². The molecule has 28 heavy (non-hydrogen) atoms. The van der Waals surface area contributed by atoms with Crippen LogP contribution in [0, 0.1) is 23.6 Å². The Bertz CT molecular complexity index is 903. The quantitative estimate of drug-likeness (QED) is 0.787. The highest BCUT2D eigenvalue weighted by Crippen LogP contribution is 2.28. The van der Waals surface area contributed by atoms with Crippen molar-refractivity contribution in [2.45, 2.75) is 26.1 Å². The molecule has 0 fully saturated rings. The van der Waals surface area contributed by atoms with Crippen molar-refractivity contribution in [2.75, 3.05) is 6.54 Å². The molecule has 4 nitrogen and oxygen atoms in total. The molecule has 5 heteroatoms. The Labute approximate surface area is 164 Å². The molecule has 1 heterocycles. The van der Waals surface area contributed by atoms with Crippen LogP contribution in [0.4, 0.5) is 4.39 Å². The third-order valence-corrected chi connectivity index (χ3v) is 4.90. The van der Waals surface area contributed by atoms with Crippen LogP contribution in [0.5, 0.6) is 0 Å². The van der Waals surface area contributed by atoms with Crippen molar-refractivity contribution >= 4 is 5.91 Å². The van der Waals surface area contributed by atoms with Crippen LogP contribution in [-0.2, 0) is 17.9 Å². The van der Waals surface area contributed by atoms with Crippen LogP contribution in [-0.4, -0.2) is 28.6 Å². The molecule has 2 N–H and O–H groups in total. The van der Waals surface area contributed by atoms with Gasteiger partial charge in [-0.3, -0.25) is 4.79 Å². The van der Waals surface area contributed by atoms with E-state index in [0.29, 0.717) is 24.4 Å². The number of nitrogens with zero attached hydrogens (tertiary/aromatic N) is 1. The maximum absolute atomic E-state index is 12.9. The molecule has 2 atom stereocenters. The molecule has 0 bridgehead atoms. The molecule has 0 saturated carbocycles. The minimum atomic E-state index is -0.973. The van der Waals surface area contributed by atoms with Gasteiger partial charge in [0.05, 0.1) is 12.5 Å². The monoisotopic (exact) mass is 378 g/mol. The molecule has 0 unspecified atom stereocenters. The second-order valence-corrected chi connectivity index (χ2v) is 6.88. The lowest BCUT2D eigenvalue weighted by Crippen LogP contribution is -2.39. The van der Waals surface area contributed by atoms with Crippen LogP contribution in [0.3, 0.4) is 0 Å². The summed E-state index contributed by atoms with van der Waals surface area (Å²) in [5.41, 5.74) is 3.63. The fourth-order valence-corrected chi connectivity index (χ4v) is 3.13. The van der Waals surface area contributed by atoms with Gasteiger partial charge >= 0.3 is 0 Å². The fourth-order valence-electron chi connectivity index (χ4n) is 3.13. The van der Waals surface area contributed by atoms with Crippen molar-refractivity contribution in [1.82, 2.24) is 10.2 Å². The van der Waals surface area contributed by atoms with Crippen LogP contribution < -0.4 is 5.32 Å². The average Bonchev–Trinajstić information content (AvgIpc) is 3.15. The number of amides is 1. The van der Waals surface area contributed by atoms with Crippen molar-refractivity contribution in [2.24, 2.45) is 5.92 Å². The fraction of sp³-hybridized carbons (Fsp3) is 0.261. The Morgan fingerprint density at radius 1 is 1.21 bits per heavy atom. The zero-order valence-electron chi connectivity index (χ0n) is 15.8. The maximum atomic E-state index is 12.9. The largest absolute Gasteiger partial charge is 0.386 e. The number of carbonyl (C=O) groups is 1. The van der Waals surface area contributed by atoms with Gasteiger partial charge in [0.15, 0.2) is 0 Å². The Hall–Kier alpha value is -3.10. The number of aliphatic hydroxyl groups is 1.